The number of benzene rings is 1. The van der Waals surface area contributed by atoms with Crippen molar-refractivity contribution < 1.29 is 23.9 Å². The molecule has 2 aliphatic heterocycles. The largest absolute Gasteiger partial charge is 0.481 e. The van der Waals surface area contributed by atoms with Gasteiger partial charge >= 0.3 is 5.97 Å². The number of rotatable bonds is 4. The van der Waals surface area contributed by atoms with Crippen LogP contribution in [0.4, 0.5) is 0 Å². The Morgan fingerprint density at radius 1 is 1.35 bits per heavy atom. The normalized spacial score (nSPS) is 27.0. The third-order valence-electron chi connectivity index (χ3n) is 5.82. The van der Waals surface area contributed by atoms with E-state index in [9.17, 15) is 9.90 Å². The summed E-state index contributed by atoms with van der Waals surface area (Å²) in [4.78, 5) is 18.4. The van der Waals surface area contributed by atoms with E-state index in [1.165, 1.54) is 0 Å². The highest BCUT2D eigenvalue weighted by Crippen LogP contribution is 2.49. The van der Waals surface area contributed by atoms with Crippen LogP contribution in [0.1, 0.15) is 25.2 Å². The van der Waals surface area contributed by atoms with Crippen LogP contribution in [0.25, 0.3) is 11.4 Å². The Labute approximate surface area is 149 Å². The fourth-order valence-electron chi connectivity index (χ4n) is 4.53. The Kier molecular flexibility index (Phi) is 3.43. The summed E-state index contributed by atoms with van der Waals surface area (Å²) >= 11 is 0. The van der Waals surface area contributed by atoms with Crippen molar-refractivity contribution in [2.45, 2.75) is 25.8 Å². The van der Waals surface area contributed by atoms with Crippen LogP contribution in [-0.4, -0.2) is 46.0 Å². The summed E-state index contributed by atoms with van der Waals surface area (Å²) < 4.78 is 16.1. The second-order valence-corrected chi connectivity index (χ2v) is 7.30. The highest BCUT2D eigenvalue weighted by Gasteiger charge is 2.54. The van der Waals surface area contributed by atoms with Crippen molar-refractivity contribution in [2.24, 2.45) is 11.3 Å². The minimum absolute atomic E-state index is 0.219. The number of nitrogens with zero attached hydrogens (tertiary/aromatic N) is 3. The highest BCUT2D eigenvalue weighted by molar-refractivity contribution is 5.76. The molecule has 1 saturated heterocycles. The monoisotopic (exact) mass is 357 g/mol. The van der Waals surface area contributed by atoms with E-state index in [0.29, 0.717) is 36.3 Å². The molecule has 5 rings (SSSR count). The molecule has 0 amide bonds. The number of aromatic nitrogens is 2. The number of likely N-dealkylation sites (tertiary alicyclic amines) is 1. The average Bonchev–Trinajstić information content (AvgIpc) is 3.37. The third kappa shape index (κ3) is 2.36. The summed E-state index contributed by atoms with van der Waals surface area (Å²) in [7, 11) is 0. The summed E-state index contributed by atoms with van der Waals surface area (Å²) in [6.07, 6.45) is 2.74. The van der Waals surface area contributed by atoms with Crippen molar-refractivity contribution >= 4 is 5.97 Å². The van der Waals surface area contributed by atoms with Crippen LogP contribution in [0.3, 0.4) is 0 Å². The number of hydrogen-bond acceptors (Lipinski definition) is 7. The summed E-state index contributed by atoms with van der Waals surface area (Å²) in [6, 6.07) is 5.52. The molecule has 1 aromatic heterocycles. The van der Waals surface area contributed by atoms with Gasteiger partial charge in [-0.3, -0.25) is 9.69 Å². The van der Waals surface area contributed by atoms with Gasteiger partial charge in [0.25, 0.3) is 0 Å². The zero-order chi connectivity index (χ0) is 17.7. The molecule has 8 nitrogen and oxygen atoms in total. The molecule has 136 valence electrons. The number of carboxylic acid groups (broad SMARTS) is 1. The molecule has 8 heteroatoms. The van der Waals surface area contributed by atoms with Crippen molar-refractivity contribution in [3.05, 3.63) is 24.1 Å². The number of fused-ring (bicyclic) bond motifs is 2. The standard InChI is InChI=1S/C18H19N3O5/c22-17(23)18-5-1-2-12(18)7-21(9-18)8-15-19-16(20-26-15)11-3-4-13-14(6-11)25-10-24-13/h3-4,6,12H,1-2,5,7-10H2,(H,22,23)/t12-,18+/m0/s1. The second-order valence-electron chi connectivity index (χ2n) is 7.30. The Morgan fingerprint density at radius 2 is 2.23 bits per heavy atom. The fraction of sp³-hybridized carbons (Fsp3) is 0.500. The van der Waals surface area contributed by atoms with Crippen LogP contribution in [0.5, 0.6) is 11.5 Å². The lowest BCUT2D eigenvalue weighted by molar-refractivity contribution is -0.149. The predicted octanol–water partition coefficient (Wildman–Crippen LogP) is 2.15. The van der Waals surface area contributed by atoms with Crippen molar-refractivity contribution in [1.82, 2.24) is 15.0 Å². The molecule has 0 radical (unpaired) electrons. The van der Waals surface area contributed by atoms with E-state index in [4.69, 9.17) is 14.0 Å². The Hall–Kier alpha value is -2.61. The van der Waals surface area contributed by atoms with Crippen molar-refractivity contribution in [2.75, 3.05) is 19.9 Å². The first-order valence-electron chi connectivity index (χ1n) is 8.82. The fourth-order valence-corrected chi connectivity index (χ4v) is 4.53. The lowest BCUT2D eigenvalue weighted by atomic mass is 9.81. The smallest absolute Gasteiger partial charge is 0.311 e. The van der Waals surface area contributed by atoms with Gasteiger partial charge in [0.05, 0.1) is 12.0 Å². The zero-order valence-electron chi connectivity index (χ0n) is 14.2. The van der Waals surface area contributed by atoms with Gasteiger partial charge in [-0.1, -0.05) is 11.6 Å². The molecule has 2 aromatic rings. The Morgan fingerprint density at radius 3 is 3.08 bits per heavy atom. The highest BCUT2D eigenvalue weighted by atomic mass is 16.7. The van der Waals surface area contributed by atoms with Crippen molar-refractivity contribution in [3.8, 4) is 22.9 Å². The maximum absolute atomic E-state index is 11.8. The topological polar surface area (TPSA) is 97.9 Å². The van der Waals surface area contributed by atoms with Gasteiger partial charge in [0.2, 0.25) is 18.5 Å². The van der Waals surface area contributed by atoms with Gasteiger partial charge in [0, 0.05) is 18.7 Å². The van der Waals surface area contributed by atoms with E-state index in [1.54, 1.807) is 0 Å². The summed E-state index contributed by atoms with van der Waals surface area (Å²) in [5.41, 5.74) is 0.199. The summed E-state index contributed by atoms with van der Waals surface area (Å²) in [6.45, 7) is 2.02. The molecule has 1 N–H and O–H groups in total. The molecule has 2 fully saturated rings. The predicted molar refractivity (Wildman–Crippen MR) is 88.5 cm³/mol. The first kappa shape index (κ1) is 15.6. The summed E-state index contributed by atoms with van der Waals surface area (Å²) in [5.74, 6) is 1.92. The zero-order valence-corrected chi connectivity index (χ0v) is 14.2. The number of aliphatic carboxylic acids is 1. The Bertz CT molecular complexity index is 866. The van der Waals surface area contributed by atoms with Gasteiger partial charge in [-0.25, -0.2) is 0 Å². The van der Waals surface area contributed by atoms with Gasteiger partial charge in [-0.15, -0.1) is 0 Å². The number of ether oxygens (including phenoxy) is 2. The van der Waals surface area contributed by atoms with E-state index < -0.39 is 11.4 Å². The van der Waals surface area contributed by atoms with Crippen LogP contribution in [-0.2, 0) is 11.3 Å². The summed E-state index contributed by atoms with van der Waals surface area (Å²) in [5, 5.41) is 13.7. The lowest BCUT2D eigenvalue weighted by Crippen LogP contribution is -2.35. The Balaban J connectivity index is 1.32. The molecule has 1 aliphatic carbocycles. The molecule has 0 spiro atoms. The molecule has 2 atom stereocenters. The molecule has 1 aromatic carbocycles. The van der Waals surface area contributed by atoms with E-state index in [-0.39, 0.29) is 12.7 Å². The lowest BCUT2D eigenvalue weighted by Gasteiger charge is -2.23. The molecule has 0 bridgehead atoms. The minimum atomic E-state index is -0.672. The van der Waals surface area contributed by atoms with Crippen LogP contribution < -0.4 is 9.47 Å². The first-order chi connectivity index (χ1) is 12.6. The van der Waals surface area contributed by atoms with Crippen LogP contribution in [0.2, 0.25) is 0 Å². The van der Waals surface area contributed by atoms with Crippen LogP contribution >= 0.6 is 0 Å². The molecule has 1 saturated carbocycles. The van der Waals surface area contributed by atoms with Crippen LogP contribution in [0.15, 0.2) is 22.7 Å². The van der Waals surface area contributed by atoms with Gasteiger partial charge < -0.3 is 19.1 Å². The van der Waals surface area contributed by atoms with E-state index in [1.807, 2.05) is 18.2 Å². The maximum Gasteiger partial charge on any atom is 0.311 e. The first-order valence-corrected chi connectivity index (χ1v) is 8.82. The van der Waals surface area contributed by atoms with Gasteiger partial charge in [0.1, 0.15) is 0 Å². The van der Waals surface area contributed by atoms with E-state index >= 15 is 0 Å². The number of carbonyl (C=O) groups is 1. The molecule has 3 aliphatic rings. The quantitative estimate of drug-likeness (QED) is 0.889. The average molecular weight is 357 g/mol. The minimum Gasteiger partial charge on any atom is -0.481 e. The van der Waals surface area contributed by atoms with Crippen molar-refractivity contribution in [3.63, 3.8) is 0 Å². The van der Waals surface area contributed by atoms with Crippen LogP contribution in [0, 0.1) is 11.3 Å². The van der Waals surface area contributed by atoms with Crippen molar-refractivity contribution in [1.29, 1.82) is 0 Å². The molecule has 3 heterocycles. The van der Waals surface area contributed by atoms with Gasteiger partial charge in [-0.2, -0.15) is 4.98 Å². The van der Waals surface area contributed by atoms with Gasteiger partial charge in [0.15, 0.2) is 11.5 Å². The third-order valence-corrected chi connectivity index (χ3v) is 5.82. The number of hydrogen-bond donors (Lipinski definition) is 1. The van der Waals surface area contributed by atoms with Gasteiger partial charge in [-0.05, 0) is 37.0 Å². The molecular weight excluding hydrogens is 338 g/mol. The number of carboxylic acids is 1. The second kappa shape index (κ2) is 5.70. The van der Waals surface area contributed by atoms with E-state index in [0.717, 1.165) is 31.4 Å². The molecule has 26 heavy (non-hydrogen) atoms. The maximum atomic E-state index is 11.8. The van der Waals surface area contributed by atoms with E-state index in [2.05, 4.69) is 15.0 Å². The SMILES string of the molecule is O=C(O)[C@@]12CCC[C@H]1CN(Cc1nc(-c3ccc4c(c3)OCO4)no1)C2. The molecule has 0 unspecified atom stereocenters. The molecular formula is C18H19N3O5.